The fourth-order valence-electron chi connectivity index (χ4n) is 2.53. The van der Waals surface area contributed by atoms with Gasteiger partial charge in [-0.1, -0.05) is 6.92 Å². The molecular formula is C13H22N2O. The minimum Gasteiger partial charge on any atom is -0.390 e. The van der Waals surface area contributed by atoms with Crippen LogP contribution in [0, 0.1) is 5.92 Å². The molecule has 0 bridgehead atoms. The summed E-state index contributed by atoms with van der Waals surface area (Å²) in [6.45, 7) is 2.28. The molecule has 90 valence electrons. The van der Waals surface area contributed by atoms with Crippen LogP contribution in [-0.2, 0) is 13.5 Å². The van der Waals surface area contributed by atoms with Crippen LogP contribution in [0.1, 0.15) is 44.6 Å². The molecule has 1 aliphatic carbocycles. The highest BCUT2D eigenvalue weighted by Crippen LogP contribution is 2.34. The van der Waals surface area contributed by atoms with Gasteiger partial charge in [0.25, 0.3) is 0 Å². The maximum atomic E-state index is 10.4. The fourth-order valence-corrected chi connectivity index (χ4v) is 2.53. The van der Waals surface area contributed by atoms with Gasteiger partial charge in [-0.15, -0.1) is 0 Å². The van der Waals surface area contributed by atoms with E-state index in [-0.39, 0.29) is 0 Å². The molecule has 0 radical (unpaired) electrons. The van der Waals surface area contributed by atoms with Crippen molar-refractivity contribution in [2.24, 2.45) is 13.0 Å². The van der Waals surface area contributed by atoms with Crippen LogP contribution in [0.5, 0.6) is 0 Å². The van der Waals surface area contributed by atoms with E-state index in [9.17, 15) is 5.11 Å². The van der Waals surface area contributed by atoms with Crippen LogP contribution in [0.2, 0.25) is 0 Å². The summed E-state index contributed by atoms with van der Waals surface area (Å²) in [4.78, 5) is 0. The Morgan fingerprint density at radius 2 is 2.19 bits per heavy atom. The lowest BCUT2D eigenvalue weighted by Crippen LogP contribution is -2.33. The highest BCUT2D eigenvalue weighted by Gasteiger charge is 2.31. The van der Waals surface area contributed by atoms with E-state index in [0.29, 0.717) is 0 Å². The molecule has 1 heterocycles. The first-order valence-corrected chi connectivity index (χ1v) is 6.27. The lowest BCUT2D eigenvalue weighted by Gasteiger charge is -2.34. The van der Waals surface area contributed by atoms with E-state index in [2.05, 4.69) is 12.0 Å². The van der Waals surface area contributed by atoms with E-state index in [1.54, 1.807) is 0 Å². The summed E-state index contributed by atoms with van der Waals surface area (Å²) in [6.07, 6.45) is 10.0. The largest absolute Gasteiger partial charge is 0.390 e. The topological polar surface area (TPSA) is 38.1 Å². The summed E-state index contributed by atoms with van der Waals surface area (Å²) in [6, 6.07) is 0. The van der Waals surface area contributed by atoms with Crippen LogP contribution in [0.4, 0.5) is 0 Å². The van der Waals surface area contributed by atoms with Crippen molar-refractivity contribution >= 4 is 0 Å². The zero-order chi connectivity index (χ0) is 11.6. The zero-order valence-electron chi connectivity index (χ0n) is 10.3. The van der Waals surface area contributed by atoms with E-state index in [1.165, 1.54) is 18.4 Å². The average Bonchev–Trinajstić information content (AvgIpc) is 2.67. The van der Waals surface area contributed by atoms with E-state index < -0.39 is 5.60 Å². The molecule has 2 rings (SSSR count). The number of rotatable bonds is 3. The molecule has 0 saturated heterocycles. The van der Waals surface area contributed by atoms with Gasteiger partial charge in [0, 0.05) is 13.2 Å². The maximum Gasteiger partial charge on any atom is 0.0651 e. The van der Waals surface area contributed by atoms with Crippen molar-refractivity contribution in [3.05, 3.63) is 18.0 Å². The smallest absolute Gasteiger partial charge is 0.0651 e. The van der Waals surface area contributed by atoms with E-state index in [1.807, 2.05) is 24.1 Å². The van der Waals surface area contributed by atoms with Gasteiger partial charge in [-0.2, -0.15) is 5.10 Å². The van der Waals surface area contributed by atoms with Crippen LogP contribution in [0.15, 0.2) is 12.4 Å². The van der Waals surface area contributed by atoms with E-state index in [4.69, 9.17) is 0 Å². The van der Waals surface area contributed by atoms with Crippen LogP contribution >= 0.6 is 0 Å². The molecule has 3 heteroatoms. The number of hydrogen-bond donors (Lipinski definition) is 1. The number of nitrogens with zero attached hydrogens (tertiary/aromatic N) is 2. The van der Waals surface area contributed by atoms with Gasteiger partial charge in [0.05, 0.1) is 11.8 Å². The molecule has 0 aliphatic heterocycles. The third-order valence-corrected chi connectivity index (χ3v) is 3.84. The van der Waals surface area contributed by atoms with Gasteiger partial charge in [0.1, 0.15) is 0 Å². The standard InChI is InChI=1S/C13H22N2O/c1-11-3-6-13(16,7-4-11)8-5-12-9-14-15(2)10-12/h9-11,16H,3-8H2,1-2H3. The number of aryl methyl sites for hydroxylation is 2. The Balaban J connectivity index is 1.85. The molecule has 1 aromatic rings. The van der Waals surface area contributed by atoms with Crippen molar-refractivity contribution in [3.63, 3.8) is 0 Å². The van der Waals surface area contributed by atoms with Crippen molar-refractivity contribution in [1.29, 1.82) is 0 Å². The highest BCUT2D eigenvalue weighted by atomic mass is 16.3. The minimum atomic E-state index is -0.414. The van der Waals surface area contributed by atoms with Crippen LogP contribution < -0.4 is 0 Å². The van der Waals surface area contributed by atoms with E-state index in [0.717, 1.165) is 31.6 Å². The molecular weight excluding hydrogens is 200 g/mol. The first kappa shape index (κ1) is 11.6. The van der Waals surface area contributed by atoms with Crippen molar-refractivity contribution in [2.75, 3.05) is 0 Å². The number of aliphatic hydroxyl groups is 1. The third kappa shape index (κ3) is 2.85. The fraction of sp³-hybridized carbons (Fsp3) is 0.769. The van der Waals surface area contributed by atoms with E-state index >= 15 is 0 Å². The zero-order valence-corrected chi connectivity index (χ0v) is 10.3. The van der Waals surface area contributed by atoms with Crippen molar-refractivity contribution in [3.8, 4) is 0 Å². The third-order valence-electron chi connectivity index (χ3n) is 3.84. The summed E-state index contributed by atoms with van der Waals surface area (Å²) >= 11 is 0. The predicted octanol–water partition coefficient (Wildman–Crippen LogP) is 2.29. The maximum absolute atomic E-state index is 10.4. The van der Waals surface area contributed by atoms with Gasteiger partial charge in [0.2, 0.25) is 0 Å². The molecule has 1 N–H and O–H groups in total. The van der Waals surface area contributed by atoms with Crippen molar-refractivity contribution in [2.45, 2.75) is 51.0 Å². The van der Waals surface area contributed by atoms with Crippen molar-refractivity contribution in [1.82, 2.24) is 9.78 Å². The van der Waals surface area contributed by atoms with Crippen LogP contribution in [0.25, 0.3) is 0 Å². The van der Waals surface area contributed by atoms with Gasteiger partial charge < -0.3 is 5.11 Å². The second-order valence-electron chi connectivity index (χ2n) is 5.43. The Morgan fingerprint density at radius 1 is 1.50 bits per heavy atom. The molecule has 16 heavy (non-hydrogen) atoms. The van der Waals surface area contributed by atoms with Crippen molar-refractivity contribution < 1.29 is 5.11 Å². The monoisotopic (exact) mass is 222 g/mol. The lowest BCUT2D eigenvalue weighted by molar-refractivity contribution is -0.0141. The summed E-state index contributed by atoms with van der Waals surface area (Å²) in [5.74, 6) is 0.790. The van der Waals surface area contributed by atoms with Crippen LogP contribution in [0.3, 0.4) is 0 Å². The highest BCUT2D eigenvalue weighted by molar-refractivity contribution is 5.05. The second-order valence-corrected chi connectivity index (χ2v) is 5.43. The van der Waals surface area contributed by atoms with Gasteiger partial charge >= 0.3 is 0 Å². The summed E-state index contributed by atoms with van der Waals surface area (Å²) in [7, 11) is 1.93. The SMILES string of the molecule is CC1CCC(O)(CCc2cnn(C)c2)CC1. The normalized spacial score (nSPS) is 30.6. The molecule has 1 fully saturated rings. The molecule has 0 unspecified atom stereocenters. The molecule has 1 aromatic heterocycles. The Bertz CT molecular complexity index is 337. The molecule has 3 nitrogen and oxygen atoms in total. The Labute approximate surface area is 97.5 Å². The second kappa shape index (κ2) is 4.58. The molecule has 1 saturated carbocycles. The molecule has 1 aliphatic rings. The molecule has 0 spiro atoms. The predicted molar refractivity (Wildman–Crippen MR) is 64.1 cm³/mol. The molecule has 0 amide bonds. The minimum absolute atomic E-state index is 0.414. The summed E-state index contributed by atoms with van der Waals surface area (Å²) in [5, 5.41) is 14.6. The molecule has 0 atom stereocenters. The Hall–Kier alpha value is -0.830. The van der Waals surface area contributed by atoms with Gasteiger partial charge in [0.15, 0.2) is 0 Å². The first-order valence-electron chi connectivity index (χ1n) is 6.27. The Kier molecular flexibility index (Phi) is 3.33. The van der Waals surface area contributed by atoms with Gasteiger partial charge in [-0.25, -0.2) is 0 Å². The number of hydrogen-bond acceptors (Lipinski definition) is 2. The molecule has 0 aromatic carbocycles. The summed E-state index contributed by atoms with van der Waals surface area (Å²) < 4.78 is 1.82. The Morgan fingerprint density at radius 3 is 2.75 bits per heavy atom. The quantitative estimate of drug-likeness (QED) is 0.852. The van der Waals surface area contributed by atoms with Gasteiger partial charge in [-0.3, -0.25) is 4.68 Å². The first-order chi connectivity index (χ1) is 7.57. The summed E-state index contributed by atoms with van der Waals surface area (Å²) in [5.41, 5.74) is 0.817. The lowest BCUT2D eigenvalue weighted by atomic mass is 9.77. The van der Waals surface area contributed by atoms with Gasteiger partial charge in [-0.05, 0) is 50.0 Å². The van der Waals surface area contributed by atoms with Crippen LogP contribution in [-0.4, -0.2) is 20.5 Å². The number of aromatic nitrogens is 2. The average molecular weight is 222 g/mol.